The minimum Gasteiger partial charge on any atom is -0.507 e. The summed E-state index contributed by atoms with van der Waals surface area (Å²) in [5, 5.41) is 11.6. The summed E-state index contributed by atoms with van der Waals surface area (Å²) in [5.74, 6) is -1.90. The van der Waals surface area contributed by atoms with Crippen molar-refractivity contribution in [2.75, 3.05) is 57.4 Å². The number of morpholine rings is 1. The molecule has 210 valence electrons. The number of carbonyl (C=O) groups excluding carboxylic acids is 3. The molecule has 1 N–H and O–H groups in total. The van der Waals surface area contributed by atoms with E-state index in [0.717, 1.165) is 19.5 Å². The van der Waals surface area contributed by atoms with Crippen LogP contribution in [0.5, 0.6) is 5.75 Å². The normalized spacial score (nSPS) is 22.3. The third-order valence-electron chi connectivity index (χ3n) is 7.68. The van der Waals surface area contributed by atoms with Crippen molar-refractivity contribution in [3.05, 3.63) is 77.9 Å². The zero-order chi connectivity index (χ0) is 28.3. The second kappa shape index (κ2) is 11.7. The minimum absolute atomic E-state index is 0.171. The van der Waals surface area contributed by atoms with Gasteiger partial charge in [-0.25, -0.2) is 0 Å². The zero-order valence-corrected chi connectivity index (χ0v) is 22.8. The summed E-state index contributed by atoms with van der Waals surface area (Å²) in [4.78, 5) is 46.9. The first kappa shape index (κ1) is 27.6. The van der Waals surface area contributed by atoms with Gasteiger partial charge in [0, 0.05) is 43.9 Å². The van der Waals surface area contributed by atoms with Crippen molar-refractivity contribution < 1.29 is 29.0 Å². The highest BCUT2D eigenvalue weighted by molar-refractivity contribution is 6.50. The molecule has 0 radical (unpaired) electrons. The third kappa shape index (κ3) is 4.59. The second-order valence-corrected chi connectivity index (χ2v) is 10.1. The number of nitrogens with zero attached hydrogens (tertiary/aromatic N) is 3. The molecule has 3 aliphatic heterocycles. The minimum atomic E-state index is -1.78. The van der Waals surface area contributed by atoms with Crippen LogP contribution in [-0.4, -0.2) is 85.0 Å². The number of anilines is 1. The lowest BCUT2D eigenvalue weighted by atomic mass is 9.82. The summed E-state index contributed by atoms with van der Waals surface area (Å²) < 4.78 is 11.1. The molecule has 2 fully saturated rings. The Hall–Kier alpha value is -3.95. The van der Waals surface area contributed by atoms with Gasteiger partial charge in [0.2, 0.25) is 0 Å². The number of amides is 2. The highest BCUT2D eigenvalue weighted by Gasteiger charge is 2.66. The van der Waals surface area contributed by atoms with Crippen LogP contribution >= 0.6 is 0 Å². The molecule has 2 saturated heterocycles. The number of ether oxygens (including phenoxy) is 2. The number of rotatable bonds is 10. The number of Topliss-reactive ketones (excluding diaryl/α,β-unsaturated/α-hetero) is 1. The number of likely N-dealkylation sites (tertiary alicyclic amines) is 1. The maximum Gasteiger partial charge on any atom is 0.296 e. The van der Waals surface area contributed by atoms with Gasteiger partial charge in [0.1, 0.15) is 11.5 Å². The predicted molar refractivity (Wildman–Crippen MR) is 151 cm³/mol. The summed E-state index contributed by atoms with van der Waals surface area (Å²) in [6.45, 7) is 10.3. The van der Waals surface area contributed by atoms with E-state index < -0.39 is 23.1 Å². The smallest absolute Gasteiger partial charge is 0.296 e. The van der Waals surface area contributed by atoms with Crippen LogP contribution in [0.4, 0.5) is 5.69 Å². The van der Waals surface area contributed by atoms with Gasteiger partial charge in [0.25, 0.3) is 17.6 Å². The molecule has 0 bridgehead atoms. The molecule has 3 aliphatic rings. The van der Waals surface area contributed by atoms with Gasteiger partial charge in [-0.3, -0.25) is 19.3 Å². The lowest BCUT2D eigenvalue weighted by Gasteiger charge is -2.35. The number of benzene rings is 2. The zero-order valence-electron chi connectivity index (χ0n) is 22.8. The van der Waals surface area contributed by atoms with E-state index in [0.29, 0.717) is 55.4 Å². The predicted octanol–water partition coefficient (Wildman–Crippen LogP) is 3.31. The number of hydrogen-bond donors (Lipinski definition) is 1. The van der Waals surface area contributed by atoms with Crippen LogP contribution < -0.4 is 9.64 Å². The van der Waals surface area contributed by atoms with Crippen LogP contribution in [0.1, 0.15) is 30.9 Å². The topological polar surface area (TPSA) is 99.6 Å². The molecular formula is C31H35N3O6. The molecule has 5 rings (SSSR count). The van der Waals surface area contributed by atoms with Crippen molar-refractivity contribution in [1.82, 2.24) is 9.80 Å². The number of ketones is 1. The van der Waals surface area contributed by atoms with E-state index in [2.05, 4.69) is 11.5 Å². The third-order valence-corrected chi connectivity index (χ3v) is 7.68. The first-order chi connectivity index (χ1) is 19.4. The molecule has 2 aromatic rings. The molecule has 9 nitrogen and oxygen atoms in total. The molecule has 2 aromatic carbocycles. The molecular weight excluding hydrogens is 510 g/mol. The average molecular weight is 546 g/mol. The summed E-state index contributed by atoms with van der Waals surface area (Å²) in [6, 6.07) is 13.8. The molecule has 3 heterocycles. The Morgan fingerprint density at radius 1 is 1.07 bits per heavy atom. The Morgan fingerprint density at radius 3 is 2.50 bits per heavy atom. The van der Waals surface area contributed by atoms with Crippen LogP contribution in [-0.2, 0) is 24.7 Å². The first-order valence-corrected chi connectivity index (χ1v) is 13.8. The fourth-order valence-corrected chi connectivity index (χ4v) is 5.83. The van der Waals surface area contributed by atoms with Crippen LogP contribution in [0, 0.1) is 0 Å². The molecule has 1 unspecified atom stereocenters. The average Bonchev–Trinajstić information content (AvgIpc) is 3.35. The van der Waals surface area contributed by atoms with E-state index in [1.165, 1.54) is 9.80 Å². The largest absolute Gasteiger partial charge is 0.507 e. The quantitative estimate of drug-likeness (QED) is 0.212. The summed E-state index contributed by atoms with van der Waals surface area (Å²) in [5.41, 5.74) is -0.587. The Bertz CT molecular complexity index is 1330. The molecule has 1 atom stereocenters. The lowest BCUT2D eigenvalue weighted by molar-refractivity contribution is -0.143. The highest BCUT2D eigenvalue weighted by Crippen LogP contribution is 2.53. The molecule has 40 heavy (non-hydrogen) atoms. The molecule has 2 amide bonds. The van der Waals surface area contributed by atoms with Crippen molar-refractivity contribution in [2.45, 2.75) is 25.3 Å². The molecule has 9 heteroatoms. The van der Waals surface area contributed by atoms with E-state index >= 15 is 0 Å². The number of fused-ring (bicyclic) bond motifs is 2. The van der Waals surface area contributed by atoms with Gasteiger partial charge >= 0.3 is 0 Å². The van der Waals surface area contributed by atoms with Gasteiger partial charge in [-0.05, 0) is 43.2 Å². The molecule has 0 aromatic heterocycles. The number of para-hydroxylation sites is 1. The maximum atomic E-state index is 14.4. The Morgan fingerprint density at radius 2 is 1.80 bits per heavy atom. The summed E-state index contributed by atoms with van der Waals surface area (Å²) in [7, 11) is 0. The van der Waals surface area contributed by atoms with Crippen molar-refractivity contribution in [3.63, 3.8) is 0 Å². The van der Waals surface area contributed by atoms with Crippen molar-refractivity contribution >= 4 is 29.0 Å². The van der Waals surface area contributed by atoms with Crippen LogP contribution in [0.25, 0.3) is 5.76 Å². The van der Waals surface area contributed by atoms with Crippen LogP contribution in [0.2, 0.25) is 0 Å². The van der Waals surface area contributed by atoms with E-state index in [9.17, 15) is 19.5 Å². The Balaban J connectivity index is 1.61. The van der Waals surface area contributed by atoms with Gasteiger partial charge in [-0.2, -0.15) is 0 Å². The summed E-state index contributed by atoms with van der Waals surface area (Å²) >= 11 is 0. The summed E-state index contributed by atoms with van der Waals surface area (Å²) in [6.07, 6.45) is 3.00. The first-order valence-electron chi connectivity index (χ1n) is 13.8. The van der Waals surface area contributed by atoms with Gasteiger partial charge in [-0.1, -0.05) is 31.2 Å². The highest BCUT2D eigenvalue weighted by atomic mass is 16.5. The number of aliphatic hydroxyl groups is 1. The van der Waals surface area contributed by atoms with Crippen molar-refractivity contribution in [1.29, 1.82) is 0 Å². The van der Waals surface area contributed by atoms with Crippen molar-refractivity contribution in [3.8, 4) is 5.75 Å². The maximum absolute atomic E-state index is 14.4. The number of aliphatic hydroxyl groups excluding tert-OH is 1. The van der Waals surface area contributed by atoms with Crippen LogP contribution in [0.3, 0.4) is 0 Å². The fourth-order valence-electron chi connectivity index (χ4n) is 5.83. The monoisotopic (exact) mass is 545 g/mol. The lowest BCUT2D eigenvalue weighted by Crippen LogP contribution is -2.52. The molecule has 0 saturated carbocycles. The van der Waals surface area contributed by atoms with E-state index in [1.54, 1.807) is 54.6 Å². The fraction of sp³-hybridized carbons (Fsp3) is 0.387. The molecule has 1 spiro atoms. The Kier molecular flexibility index (Phi) is 8.04. The van der Waals surface area contributed by atoms with Gasteiger partial charge in [0.15, 0.2) is 5.54 Å². The Labute approximate surface area is 234 Å². The van der Waals surface area contributed by atoms with Crippen molar-refractivity contribution in [2.24, 2.45) is 0 Å². The standard InChI is InChI=1S/C31H35N3O6/c1-3-14-33-25-9-6-5-8-24(25)31(30(33)38)26(27(35)22-10-12-23(13-11-22)40-19-4-2)28(36)29(37)34(31)16-7-15-32-17-20-39-21-18-32/h3,5-6,8-13,35H,1,4,7,14-21H2,2H3/b27-26+. The van der Waals surface area contributed by atoms with Crippen LogP contribution in [0.15, 0.2) is 66.8 Å². The van der Waals surface area contributed by atoms with Gasteiger partial charge < -0.3 is 24.4 Å². The second-order valence-electron chi connectivity index (χ2n) is 10.1. The number of hydrogen-bond acceptors (Lipinski definition) is 7. The SMILES string of the molecule is C=CCN1C(=O)C2(/C(=C(/O)c3ccc(OCCC)cc3)C(=O)C(=O)N2CCCN2CCOCC2)c2ccccc21. The van der Waals surface area contributed by atoms with Gasteiger partial charge in [-0.15, -0.1) is 6.58 Å². The van der Waals surface area contributed by atoms with Gasteiger partial charge in [0.05, 0.1) is 31.1 Å². The van der Waals surface area contributed by atoms with E-state index in [1.807, 2.05) is 6.92 Å². The van der Waals surface area contributed by atoms with E-state index in [-0.39, 0.29) is 24.4 Å². The van der Waals surface area contributed by atoms with E-state index in [4.69, 9.17) is 9.47 Å². The number of carbonyl (C=O) groups is 3. The molecule has 0 aliphatic carbocycles.